The molecule has 0 aliphatic heterocycles. The van der Waals surface area contributed by atoms with E-state index < -0.39 is 0 Å². The van der Waals surface area contributed by atoms with Gasteiger partial charge in [0.1, 0.15) is 0 Å². The summed E-state index contributed by atoms with van der Waals surface area (Å²) in [4.78, 5) is 14.7. The average Bonchev–Trinajstić information content (AvgIpc) is 2.54. The van der Waals surface area contributed by atoms with E-state index in [9.17, 15) is 4.79 Å². The second-order valence-electron chi connectivity index (χ2n) is 3.02. The molecule has 1 aromatic heterocycles. The van der Waals surface area contributed by atoms with Crippen LogP contribution in [0.15, 0.2) is 14.3 Å². The van der Waals surface area contributed by atoms with Crippen molar-refractivity contribution in [3.8, 4) is 0 Å². The first kappa shape index (κ1) is 14.1. The Hall–Kier alpha value is 0.0200. The fourth-order valence-electron chi connectivity index (χ4n) is 1.12. The second kappa shape index (κ2) is 6.09. The number of amides is 1. The maximum absolute atomic E-state index is 12.1. The Balaban J connectivity index is 2.86. The topological polar surface area (TPSA) is 46.3 Å². The van der Waals surface area contributed by atoms with Gasteiger partial charge in [-0.1, -0.05) is 12.2 Å². The molecule has 0 radical (unpaired) electrons. The Kier molecular flexibility index (Phi) is 5.36. The molecular formula is C9H10Br2N2OS2. The zero-order chi connectivity index (χ0) is 12.3. The third-order valence-electron chi connectivity index (χ3n) is 1.87. The highest BCUT2D eigenvalue weighted by Gasteiger charge is 2.18. The zero-order valence-electron chi connectivity index (χ0n) is 8.50. The first-order chi connectivity index (χ1) is 7.45. The van der Waals surface area contributed by atoms with E-state index in [1.54, 1.807) is 11.0 Å². The van der Waals surface area contributed by atoms with E-state index in [0.717, 1.165) is 8.26 Å². The molecule has 1 rings (SSSR count). The van der Waals surface area contributed by atoms with Crippen LogP contribution in [0.3, 0.4) is 0 Å². The molecule has 1 amide bonds. The number of likely N-dealkylation sites (N-methyl/N-ethyl adjacent to an activating group) is 1. The molecule has 0 aliphatic carbocycles. The smallest absolute Gasteiger partial charge is 0.264 e. The predicted octanol–water partition coefficient (Wildman–Crippen LogP) is 3.02. The van der Waals surface area contributed by atoms with Crippen LogP contribution in [0.1, 0.15) is 16.6 Å². The Morgan fingerprint density at radius 1 is 1.62 bits per heavy atom. The van der Waals surface area contributed by atoms with Crippen LogP contribution in [0.25, 0.3) is 0 Å². The summed E-state index contributed by atoms with van der Waals surface area (Å²) >= 11 is 12.9. The van der Waals surface area contributed by atoms with E-state index >= 15 is 0 Å². The summed E-state index contributed by atoms with van der Waals surface area (Å²) < 4.78 is 1.79. The highest BCUT2D eigenvalue weighted by Crippen LogP contribution is 2.32. The van der Waals surface area contributed by atoms with Gasteiger partial charge >= 0.3 is 0 Å². The quantitative estimate of drug-likeness (QED) is 0.810. The lowest BCUT2D eigenvalue weighted by Gasteiger charge is -2.18. The van der Waals surface area contributed by atoms with Crippen LogP contribution in [0.5, 0.6) is 0 Å². The second-order valence-corrected chi connectivity index (χ2v) is 6.77. The van der Waals surface area contributed by atoms with Crippen molar-refractivity contribution in [1.82, 2.24) is 4.90 Å². The van der Waals surface area contributed by atoms with Crippen molar-refractivity contribution < 1.29 is 4.79 Å². The molecule has 2 N–H and O–H groups in total. The number of rotatable bonds is 4. The number of carbonyl (C=O) groups is 1. The molecule has 0 aliphatic rings. The molecule has 0 saturated carbocycles. The van der Waals surface area contributed by atoms with E-state index in [4.69, 9.17) is 18.0 Å². The van der Waals surface area contributed by atoms with Gasteiger partial charge in [0.15, 0.2) is 0 Å². The highest BCUT2D eigenvalue weighted by molar-refractivity contribution is 9.13. The molecule has 0 unspecified atom stereocenters. The standard InChI is InChI=1S/C9H10Br2N2OS2/c1-2-13(4-7(12)15)9(14)6-3-5(10)8(11)16-6/h3H,2,4H2,1H3,(H2,12,15). The third-order valence-corrected chi connectivity index (χ3v) is 5.24. The number of thiophene rings is 1. The minimum absolute atomic E-state index is 0.0494. The molecule has 1 heterocycles. The summed E-state index contributed by atoms with van der Waals surface area (Å²) in [6.07, 6.45) is 0. The summed E-state index contributed by atoms with van der Waals surface area (Å²) in [6.45, 7) is 2.80. The molecular weight excluding hydrogens is 376 g/mol. The lowest BCUT2D eigenvalue weighted by Crippen LogP contribution is -2.37. The molecule has 16 heavy (non-hydrogen) atoms. The van der Waals surface area contributed by atoms with Crippen molar-refractivity contribution in [3.63, 3.8) is 0 Å². The first-order valence-electron chi connectivity index (χ1n) is 4.48. The molecule has 0 spiro atoms. The SMILES string of the molecule is CCN(CC(N)=S)C(=O)c1cc(Br)c(Br)s1. The first-order valence-corrected chi connectivity index (χ1v) is 7.29. The number of nitrogens with two attached hydrogens (primary N) is 1. The number of nitrogens with zero attached hydrogens (tertiary/aromatic N) is 1. The molecule has 0 atom stereocenters. The molecule has 0 saturated heterocycles. The normalized spacial score (nSPS) is 10.2. The Bertz CT molecular complexity index is 400. The number of carbonyl (C=O) groups excluding carboxylic acids is 1. The zero-order valence-corrected chi connectivity index (χ0v) is 13.3. The van der Waals surface area contributed by atoms with Crippen LogP contribution < -0.4 is 5.73 Å². The summed E-state index contributed by atoms with van der Waals surface area (Å²) in [6, 6.07) is 1.79. The molecule has 0 aromatic carbocycles. The Labute approximate surface area is 120 Å². The van der Waals surface area contributed by atoms with E-state index in [2.05, 4.69) is 31.9 Å². The van der Waals surface area contributed by atoms with Crippen molar-refractivity contribution in [1.29, 1.82) is 0 Å². The van der Waals surface area contributed by atoms with Crippen LogP contribution >= 0.6 is 55.4 Å². The summed E-state index contributed by atoms with van der Waals surface area (Å²) in [5, 5.41) is 0. The maximum atomic E-state index is 12.1. The van der Waals surface area contributed by atoms with E-state index in [0.29, 0.717) is 23.0 Å². The van der Waals surface area contributed by atoms with Crippen LogP contribution in [0, 0.1) is 0 Å². The van der Waals surface area contributed by atoms with Gasteiger partial charge in [-0.2, -0.15) is 0 Å². The van der Waals surface area contributed by atoms with Gasteiger partial charge in [0.05, 0.1) is 20.2 Å². The summed E-state index contributed by atoms with van der Waals surface area (Å²) in [5.41, 5.74) is 5.44. The summed E-state index contributed by atoms with van der Waals surface area (Å²) in [5.74, 6) is -0.0494. The lowest BCUT2D eigenvalue weighted by atomic mass is 10.4. The van der Waals surface area contributed by atoms with Gasteiger partial charge in [0.25, 0.3) is 5.91 Å². The van der Waals surface area contributed by atoms with Crippen molar-refractivity contribution in [2.75, 3.05) is 13.1 Å². The van der Waals surface area contributed by atoms with Gasteiger partial charge in [-0.25, -0.2) is 0 Å². The van der Waals surface area contributed by atoms with Crippen molar-refractivity contribution in [2.45, 2.75) is 6.92 Å². The van der Waals surface area contributed by atoms with Crippen LogP contribution in [0.4, 0.5) is 0 Å². The minimum atomic E-state index is -0.0494. The molecule has 7 heteroatoms. The molecule has 1 aromatic rings. The molecule has 0 fully saturated rings. The number of hydrogen-bond donors (Lipinski definition) is 1. The van der Waals surface area contributed by atoms with Crippen molar-refractivity contribution >= 4 is 66.3 Å². The van der Waals surface area contributed by atoms with Gasteiger partial charge in [0.2, 0.25) is 0 Å². The van der Waals surface area contributed by atoms with Crippen molar-refractivity contribution in [2.24, 2.45) is 5.73 Å². The third kappa shape index (κ3) is 3.51. The Morgan fingerprint density at radius 3 is 2.62 bits per heavy atom. The predicted molar refractivity (Wildman–Crippen MR) is 78.1 cm³/mol. The Morgan fingerprint density at radius 2 is 2.25 bits per heavy atom. The van der Waals surface area contributed by atoms with Crippen molar-refractivity contribution in [3.05, 3.63) is 19.2 Å². The largest absolute Gasteiger partial charge is 0.392 e. The van der Waals surface area contributed by atoms with Gasteiger partial charge in [-0.15, -0.1) is 11.3 Å². The highest BCUT2D eigenvalue weighted by atomic mass is 79.9. The minimum Gasteiger partial charge on any atom is -0.392 e. The van der Waals surface area contributed by atoms with Gasteiger partial charge in [0, 0.05) is 11.0 Å². The van der Waals surface area contributed by atoms with Gasteiger partial charge in [-0.3, -0.25) is 4.79 Å². The number of thiocarbonyl (C=S) groups is 1. The molecule has 3 nitrogen and oxygen atoms in total. The summed E-state index contributed by atoms with van der Waals surface area (Å²) in [7, 11) is 0. The maximum Gasteiger partial charge on any atom is 0.264 e. The van der Waals surface area contributed by atoms with Gasteiger partial charge in [-0.05, 0) is 44.8 Å². The van der Waals surface area contributed by atoms with Crippen LogP contribution in [0.2, 0.25) is 0 Å². The van der Waals surface area contributed by atoms with E-state index in [1.165, 1.54) is 11.3 Å². The fourth-order valence-corrected chi connectivity index (χ4v) is 3.28. The molecule has 88 valence electrons. The average molecular weight is 386 g/mol. The van der Waals surface area contributed by atoms with E-state index in [1.807, 2.05) is 6.92 Å². The van der Waals surface area contributed by atoms with Gasteiger partial charge < -0.3 is 10.6 Å². The fraction of sp³-hybridized carbons (Fsp3) is 0.333. The van der Waals surface area contributed by atoms with Crippen LogP contribution in [-0.2, 0) is 0 Å². The number of halogens is 2. The monoisotopic (exact) mass is 384 g/mol. The number of hydrogen-bond acceptors (Lipinski definition) is 3. The van der Waals surface area contributed by atoms with E-state index in [-0.39, 0.29) is 5.91 Å². The lowest BCUT2D eigenvalue weighted by molar-refractivity contribution is 0.0792. The van der Waals surface area contributed by atoms with Crippen LogP contribution in [-0.4, -0.2) is 28.9 Å². The molecule has 0 bridgehead atoms.